The largest absolute Gasteiger partial charge is 0.493 e. The molecule has 3 rings (SSSR count). The molecule has 0 bridgehead atoms. The highest BCUT2D eigenvalue weighted by Crippen LogP contribution is 2.26. The summed E-state index contributed by atoms with van der Waals surface area (Å²) in [5.74, 6) is 0.539. The third-order valence-corrected chi connectivity index (χ3v) is 3.94. The maximum Gasteiger partial charge on any atom is 0.410 e. The molecule has 25 heavy (non-hydrogen) atoms. The van der Waals surface area contributed by atoms with Gasteiger partial charge in [-0.25, -0.2) is 9.78 Å². The highest BCUT2D eigenvalue weighted by Gasteiger charge is 2.28. The summed E-state index contributed by atoms with van der Waals surface area (Å²) in [5, 5.41) is 10.3. The molecule has 0 fully saturated rings. The second kappa shape index (κ2) is 6.70. The lowest BCUT2D eigenvalue weighted by Gasteiger charge is -2.30. The van der Waals surface area contributed by atoms with E-state index >= 15 is 0 Å². The summed E-state index contributed by atoms with van der Waals surface area (Å²) in [6.07, 6.45) is 0.759. The number of hydrogen-bond donors (Lipinski definition) is 1. The zero-order chi connectivity index (χ0) is 18.0. The van der Waals surface area contributed by atoms with E-state index in [0.29, 0.717) is 30.8 Å². The van der Waals surface area contributed by atoms with Crippen molar-refractivity contribution >= 4 is 6.09 Å². The summed E-state index contributed by atoms with van der Waals surface area (Å²) >= 11 is 0. The van der Waals surface area contributed by atoms with Crippen LogP contribution in [0.25, 0.3) is 0 Å². The quantitative estimate of drug-likeness (QED) is 0.908. The van der Waals surface area contributed by atoms with Gasteiger partial charge in [0.05, 0.1) is 17.8 Å². The summed E-state index contributed by atoms with van der Waals surface area (Å²) < 4.78 is 5.40. The van der Waals surface area contributed by atoms with Gasteiger partial charge in [0.25, 0.3) is 0 Å². The molecule has 6 nitrogen and oxygen atoms in total. The van der Waals surface area contributed by atoms with Gasteiger partial charge < -0.3 is 14.7 Å². The van der Waals surface area contributed by atoms with Gasteiger partial charge in [-0.1, -0.05) is 30.3 Å². The molecule has 0 saturated carbocycles. The van der Waals surface area contributed by atoms with Gasteiger partial charge in [-0.05, 0) is 26.3 Å². The van der Waals surface area contributed by atoms with Gasteiger partial charge in [0.1, 0.15) is 11.4 Å². The summed E-state index contributed by atoms with van der Waals surface area (Å²) in [7, 11) is 0. The van der Waals surface area contributed by atoms with E-state index in [0.717, 1.165) is 11.3 Å². The van der Waals surface area contributed by atoms with Crippen LogP contribution in [-0.4, -0.2) is 38.2 Å². The second-order valence-corrected chi connectivity index (χ2v) is 7.20. The highest BCUT2D eigenvalue weighted by molar-refractivity contribution is 5.68. The molecule has 1 aromatic heterocycles. The molecule has 0 unspecified atom stereocenters. The van der Waals surface area contributed by atoms with Crippen molar-refractivity contribution in [3.63, 3.8) is 0 Å². The van der Waals surface area contributed by atoms with Gasteiger partial charge in [-0.2, -0.15) is 4.98 Å². The fraction of sp³-hybridized carbons (Fsp3) is 0.421. The van der Waals surface area contributed by atoms with Crippen LogP contribution < -0.4 is 0 Å². The average molecular weight is 341 g/mol. The van der Waals surface area contributed by atoms with Gasteiger partial charge in [0.15, 0.2) is 0 Å². The predicted molar refractivity (Wildman–Crippen MR) is 93.3 cm³/mol. The standard InChI is InChI=1S/C19H23N3O3/c1-19(2,3)25-18(24)22-10-9-15-14(12-22)17(23)21-16(20-15)11-13-7-5-4-6-8-13/h4-8H,9-12H2,1-3H3,(H,20,21,23). The first-order valence-corrected chi connectivity index (χ1v) is 8.41. The number of carbonyl (C=O) groups is 1. The molecule has 1 aliphatic heterocycles. The van der Waals surface area contributed by atoms with Crippen LogP contribution in [0.15, 0.2) is 30.3 Å². The van der Waals surface area contributed by atoms with Gasteiger partial charge in [0, 0.05) is 19.4 Å². The predicted octanol–water partition coefficient (Wildman–Crippen LogP) is 3.07. The maximum absolute atomic E-state index is 12.2. The first kappa shape index (κ1) is 17.2. The molecule has 0 radical (unpaired) electrons. The number of ether oxygens (including phenoxy) is 1. The maximum atomic E-state index is 12.2. The van der Waals surface area contributed by atoms with Crippen molar-refractivity contribution in [3.8, 4) is 5.88 Å². The minimum atomic E-state index is -0.546. The molecule has 0 saturated heterocycles. The Balaban J connectivity index is 1.76. The lowest BCUT2D eigenvalue weighted by Crippen LogP contribution is -2.40. The molecule has 1 aromatic carbocycles. The summed E-state index contributed by atoms with van der Waals surface area (Å²) in [6.45, 7) is 6.28. The zero-order valence-corrected chi connectivity index (χ0v) is 14.8. The van der Waals surface area contributed by atoms with E-state index in [1.165, 1.54) is 0 Å². The van der Waals surface area contributed by atoms with Crippen molar-refractivity contribution in [2.24, 2.45) is 0 Å². The molecule has 0 spiro atoms. The molecular formula is C19H23N3O3. The fourth-order valence-electron chi connectivity index (χ4n) is 2.79. The average Bonchev–Trinajstić information content (AvgIpc) is 2.54. The van der Waals surface area contributed by atoms with Crippen LogP contribution in [0.5, 0.6) is 5.88 Å². The molecular weight excluding hydrogens is 318 g/mol. The smallest absolute Gasteiger partial charge is 0.410 e. The Morgan fingerprint density at radius 1 is 1.24 bits per heavy atom. The number of hydrogen-bond acceptors (Lipinski definition) is 5. The Hall–Kier alpha value is -2.63. The molecule has 1 aliphatic rings. The van der Waals surface area contributed by atoms with Gasteiger partial charge in [-0.3, -0.25) is 0 Å². The van der Waals surface area contributed by atoms with Crippen LogP contribution in [0.1, 0.15) is 43.4 Å². The van der Waals surface area contributed by atoms with E-state index < -0.39 is 5.60 Å². The van der Waals surface area contributed by atoms with Crippen molar-refractivity contribution in [1.82, 2.24) is 14.9 Å². The van der Waals surface area contributed by atoms with E-state index in [1.807, 2.05) is 51.1 Å². The Kier molecular flexibility index (Phi) is 4.61. The van der Waals surface area contributed by atoms with Crippen molar-refractivity contribution in [1.29, 1.82) is 0 Å². The van der Waals surface area contributed by atoms with E-state index in [9.17, 15) is 9.90 Å². The number of carbonyl (C=O) groups excluding carboxylic acids is 1. The molecule has 0 atom stereocenters. The Labute approximate surface area is 147 Å². The van der Waals surface area contributed by atoms with E-state index in [1.54, 1.807) is 4.90 Å². The van der Waals surface area contributed by atoms with Crippen LogP contribution in [0, 0.1) is 0 Å². The monoisotopic (exact) mass is 341 g/mol. The molecule has 0 aliphatic carbocycles. The van der Waals surface area contributed by atoms with Crippen molar-refractivity contribution in [2.45, 2.75) is 45.8 Å². The second-order valence-electron chi connectivity index (χ2n) is 7.20. The summed E-state index contributed by atoms with van der Waals surface area (Å²) in [4.78, 5) is 22.6. The van der Waals surface area contributed by atoms with Crippen LogP contribution in [0.2, 0.25) is 0 Å². The van der Waals surface area contributed by atoms with E-state index in [4.69, 9.17) is 4.74 Å². The normalized spacial score (nSPS) is 14.1. The number of amides is 1. The number of fused-ring (bicyclic) bond motifs is 1. The van der Waals surface area contributed by atoms with Gasteiger partial charge >= 0.3 is 6.09 Å². The number of aromatic nitrogens is 2. The Morgan fingerprint density at radius 3 is 2.64 bits per heavy atom. The third kappa shape index (κ3) is 4.26. The van der Waals surface area contributed by atoms with Crippen molar-refractivity contribution in [2.75, 3.05) is 6.54 Å². The Bertz CT molecular complexity index is 769. The topological polar surface area (TPSA) is 75.5 Å². The highest BCUT2D eigenvalue weighted by atomic mass is 16.6. The summed E-state index contributed by atoms with van der Waals surface area (Å²) in [6, 6.07) is 9.90. The van der Waals surface area contributed by atoms with Gasteiger partial charge in [-0.15, -0.1) is 0 Å². The zero-order valence-electron chi connectivity index (χ0n) is 14.8. The number of nitrogens with zero attached hydrogens (tertiary/aromatic N) is 3. The van der Waals surface area contributed by atoms with Crippen LogP contribution in [-0.2, 0) is 24.1 Å². The number of rotatable bonds is 2. The fourth-order valence-corrected chi connectivity index (χ4v) is 2.79. The van der Waals surface area contributed by atoms with Crippen LogP contribution >= 0.6 is 0 Å². The van der Waals surface area contributed by atoms with Crippen molar-refractivity contribution < 1.29 is 14.6 Å². The lowest BCUT2D eigenvalue weighted by atomic mass is 10.1. The first-order valence-electron chi connectivity index (χ1n) is 8.41. The number of benzene rings is 1. The van der Waals surface area contributed by atoms with Crippen LogP contribution in [0.4, 0.5) is 4.79 Å². The van der Waals surface area contributed by atoms with Gasteiger partial charge in [0.2, 0.25) is 5.88 Å². The van der Waals surface area contributed by atoms with Crippen LogP contribution in [0.3, 0.4) is 0 Å². The molecule has 6 heteroatoms. The molecule has 2 aromatic rings. The van der Waals surface area contributed by atoms with E-state index in [2.05, 4.69) is 9.97 Å². The minimum Gasteiger partial charge on any atom is -0.493 e. The Morgan fingerprint density at radius 2 is 1.96 bits per heavy atom. The first-order chi connectivity index (χ1) is 11.8. The van der Waals surface area contributed by atoms with Crippen molar-refractivity contribution in [3.05, 3.63) is 53.0 Å². The lowest BCUT2D eigenvalue weighted by molar-refractivity contribution is 0.0221. The molecule has 1 amide bonds. The molecule has 2 heterocycles. The molecule has 1 N–H and O–H groups in total. The number of aromatic hydroxyl groups is 1. The minimum absolute atomic E-state index is 0.0517. The van der Waals surface area contributed by atoms with E-state index in [-0.39, 0.29) is 18.5 Å². The molecule has 132 valence electrons. The third-order valence-electron chi connectivity index (χ3n) is 3.94. The SMILES string of the molecule is CC(C)(C)OC(=O)N1CCc2nc(Cc3ccccc3)nc(O)c2C1. The summed E-state index contributed by atoms with van der Waals surface area (Å²) in [5.41, 5.74) is 1.95.